The Morgan fingerprint density at radius 3 is 2.59 bits per heavy atom. The normalized spacial score (nSPS) is 9.59. The Morgan fingerprint density at radius 2 is 2.00 bits per heavy atom. The van der Waals surface area contributed by atoms with Crippen LogP contribution in [0.4, 0.5) is 10.5 Å². The van der Waals surface area contributed by atoms with Gasteiger partial charge in [-0.15, -0.1) is 0 Å². The number of carbonyl (C=O) groups excluding carboxylic acids is 2. The Balaban J connectivity index is 2.86. The lowest BCUT2D eigenvalue weighted by Crippen LogP contribution is -2.41. The number of amides is 2. The molecule has 0 aliphatic rings. The lowest BCUT2D eigenvalue weighted by Gasteiger charge is -2.10. The van der Waals surface area contributed by atoms with Gasteiger partial charge in [0.15, 0.2) is 0 Å². The fourth-order valence-corrected chi connectivity index (χ4v) is 1.44. The molecule has 1 rings (SSSR count). The molecule has 0 bridgehead atoms. The van der Waals surface area contributed by atoms with Gasteiger partial charge in [0.25, 0.3) is 5.91 Å². The summed E-state index contributed by atoms with van der Waals surface area (Å²) in [6, 6.07) is 3.06. The van der Waals surface area contributed by atoms with E-state index in [4.69, 9.17) is 17.3 Å². The number of methoxy groups -OCH3 is 1. The van der Waals surface area contributed by atoms with Gasteiger partial charge in [-0.2, -0.15) is 0 Å². The number of hydrazine groups is 1. The number of nitrogens with two attached hydrogens (primary N) is 1. The second kappa shape index (κ2) is 5.40. The molecule has 0 heterocycles. The zero-order valence-electron chi connectivity index (χ0n) is 9.33. The largest absolute Gasteiger partial charge is 0.452 e. The number of hydrogen-bond acceptors (Lipinski definition) is 4. The molecule has 0 atom stereocenters. The zero-order valence-corrected chi connectivity index (χ0v) is 10.1. The van der Waals surface area contributed by atoms with Gasteiger partial charge >= 0.3 is 6.09 Å². The Kier molecular flexibility index (Phi) is 4.17. The zero-order chi connectivity index (χ0) is 13.0. The van der Waals surface area contributed by atoms with Crippen LogP contribution in [0.3, 0.4) is 0 Å². The first kappa shape index (κ1) is 13.1. The first-order valence-corrected chi connectivity index (χ1v) is 5.03. The van der Waals surface area contributed by atoms with Crippen molar-refractivity contribution in [2.45, 2.75) is 6.92 Å². The molecule has 0 fully saturated rings. The van der Waals surface area contributed by atoms with E-state index in [0.29, 0.717) is 16.3 Å². The van der Waals surface area contributed by atoms with E-state index < -0.39 is 12.0 Å². The number of carbonyl (C=O) groups is 2. The maximum Gasteiger partial charge on any atom is 0.425 e. The molecule has 1 aromatic carbocycles. The van der Waals surface area contributed by atoms with E-state index in [9.17, 15) is 9.59 Å². The molecule has 6 nitrogen and oxygen atoms in total. The molecule has 92 valence electrons. The number of nitrogens with one attached hydrogen (secondary N) is 2. The second-order valence-corrected chi connectivity index (χ2v) is 3.69. The Labute approximate surface area is 103 Å². The fourth-order valence-electron chi connectivity index (χ4n) is 1.17. The summed E-state index contributed by atoms with van der Waals surface area (Å²) in [7, 11) is 1.18. The van der Waals surface area contributed by atoms with E-state index in [2.05, 4.69) is 10.2 Å². The van der Waals surface area contributed by atoms with Gasteiger partial charge in [-0.1, -0.05) is 11.6 Å². The Bertz CT molecular complexity index is 462. The lowest BCUT2D eigenvalue weighted by molar-refractivity contribution is 0.0921. The molecule has 0 saturated heterocycles. The van der Waals surface area contributed by atoms with Crippen molar-refractivity contribution in [3.05, 3.63) is 28.3 Å². The van der Waals surface area contributed by atoms with E-state index >= 15 is 0 Å². The molecule has 0 aromatic heterocycles. The van der Waals surface area contributed by atoms with Crippen LogP contribution in [-0.2, 0) is 4.74 Å². The van der Waals surface area contributed by atoms with Crippen molar-refractivity contribution >= 4 is 29.3 Å². The van der Waals surface area contributed by atoms with Crippen LogP contribution in [0, 0.1) is 6.92 Å². The smallest absolute Gasteiger partial charge is 0.425 e. The summed E-state index contributed by atoms with van der Waals surface area (Å²) in [5.74, 6) is -0.571. The molecule has 0 aliphatic carbocycles. The predicted octanol–water partition coefficient (Wildman–Crippen LogP) is 1.23. The Morgan fingerprint density at radius 1 is 1.35 bits per heavy atom. The van der Waals surface area contributed by atoms with Crippen LogP contribution in [0.5, 0.6) is 0 Å². The highest BCUT2D eigenvalue weighted by Crippen LogP contribution is 2.22. The highest BCUT2D eigenvalue weighted by molar-refractivity contribution is 6.31. The molecule has 17 heavy (non-hydrogen) atoms. The van der Waals surface area contributed by atoms with Gasteiger partial charge in [0, 0.05) is 10.7 Å². The third-order valence-corrected chi connectivity index (χ3v) is 2.28. The summed E-state index contributed by atoms with van der Waals surface area (Å²) in [6.07, 6.45) is -0.782. The van der Waals surface area contributed by atoms with Crippen molar-refractivity contribution in [3.63, 3.8) is 0 Å². The molecular weight excluding hydrogens is 246 g/mol. The van der Waals surface area contributed by atoms with Crippen molar-refractivity contribution in [2.75, 3.05) is 12.8 Å². The minimum atomic E-state index is -0.782. The summed E-state index contributed by atoms with van der Waals surface area (Å²) in [4.78, 5) is 22.4. The molecule has 0 saturated carbocycles. The fraction of sp³-hybridized carbons (Fsp3) is 0.200. The van der Waals surface area contributed by atoms with E-state index in [1.807, 2.05) is 5.43 Å². The van der Waals surface area contributed by atoms with Gasteiger partial charge in [-0.25, -0.2) is 10.2 Å². The average molecular weight is 258 g/mol. The lowest BCUT2D eigenvalue weighted by atomic mass is 10.1. The van der Waals surface area contributed by atoms with Gasteiger partial charge in [0.1, 0.15) is 0 Å². The van der Waals surface area contributed by atoms with Crippen molar-refractivity contribution in [1.29, 1.82) is 0 Å². The number of anilines is 1. The van der Waals surface area contributed by atoms with E-state index in [1.54, 1.807) is 13.0 Å². The number of halogens is 1. The molecule has 4 N–H and O–H groups in total. The summed E-state index contributed by atoms with van der Waals surface area (Å²) >= 11 is 5.81. The van der Waals surface area contributed by atoms with Gasteiger partial charge in [-0.05, 0) is 24.6 Å². The van der Waals surface area contributed by atoms with Crippen LogP contribution in [0.2, 0.25) is 5.02 Å². The van der Waals surface area contributed by atoms with Crippen molar-refractivity contribution in [3.8, 4) is 0 Å². The number of benzene rings is 1. The number of aryl methyl sites for hydroxylation is 1. The monoisotopic (exact) mass is 257 g/mol. The molecular formula is C10H12ClN3O3. The maximum absolute atomic E-state index is 11.7. The van der Waals surface area contributed by atoms with Crippen LogP contribution >= 0.6 is 11.6 Å². The third kappa shape index (κ3) is 3.25. The first-order chi connectivity index (χ1) is 7.95. The van der Waals surface area contributed by atoms with Crippen LogP contribution < -0.4 is 16.6 Å². The van der Waals surface area contributed by atoms with Crippen LogP contribution in [-0.4, -0.2) is 19.1 Å². The van der Waals surface area contributed by atoms with E-state index in [1.165, 1.54) is 13.2 Å². The van der Waals surface area contributed by atoms with Gasteiger partial charge in [0.05, 0.1) is 12.7 Å². The topological polar surface area (TPSA) is 93.5 Å². The van der Waals surface area contributed by atoms with E-state index in [0.717, 1.165) is 0 Å². The number of hydrogen-bond donors (Lipinski definition) is 3. The molecule has 0 aliphatic heterocycles. The summed E-state index contributed by atoms with van der Waals surface area (Å²) in [6.45, 7) is 1.73. The van der Waals surface area contributed by atoms with Crippen LogP contribution in [0.25, 0.3) is 0 Å². The molecule has 2 amide bonds. The molecule has 7 heteroatoms. The second-order valence-electron chi connectivity index (χ2n) is 3.25. The van der Waals surface area contributed by atoms with Crippen LogP contribution in [0.1, 0.15) is 15.9 Å². The van der Waals surface area contributed by atoms with Gasteiger partial charge in [-0.3, -0.25) is 10.2 Å². The highest BCUT2D eigenvalue weighted by atomic mass is 35.5. The minimum Gasteiger partial charge on any atom is -0.452 e. The third-order valence-electron chi connectivity index (χ3n) is 2.06. The van der Waals surface area contributed by atoms with Gasteiger partial charge < -0.3 is 10.5 Å². The SMILES string of the molecule is COC(=O)NNC(=O)c1cc(Cl)cc(C)c1N. The van der Waals surface area contributed by atoms with Crippen molar-refractivity contribution in [1.82, 2.24) is 10.9 Å². The van der Waals surface area contributed by atoms with Crippen molar-refractivity contribution in [2.24, 2.45) is 0 Å². The van der Waals surface area contributed by atoms with E-state index in [-0.39, 0.29) is 5.56 Å². The molecule has 0 radical (unpaired) electrons. The summed E-state index contributed by atoms with van der Waals surface area (Å²) in [5.41, 5.74) is 11.1. The predicted molar refractivity (Wildman–Crippen MR) is 63.6 cm³/mol. The van der Waals surface area contributed by atoms with Gasteiger partial charge in [0.2, 0.25) is 0 Å². The summed E-state index contributed by atoms with van der Waals surface area (Å²) in [5, 5.41) is 0.389. The average Bonchev–Trinajstić information content (AvgIpc) is 2.30. The standard InChI is InChI=1S/C10H12ClN3O3/c1-5-3-6(11)4-7(8(5)12)9(15)13-14-10(16)17-2/h3-4H,12H2,1-2H3,(H,13,15)(H,14,16). The summed E-state index contributed by atoms with van der Waals surface area (Å²) < 4.78 is 4.29. The first-order valence-electron chi connectivity index (χ1n) is 4.65. The molecule has 0 unspecified atom stereocenters. The number of ether oxygens (including phenoxy) is 1. The van der Waals surface area contributed by atoms with Crippen molar-refractivity contribution < 1.29 is 14.3 Å². The quantitative estimate of drug-likeness (QED) is 0.521. The van der Waals surface area contributed by atoms with Crippen LogP contribution in [0.15, 0.2) is 12.1 Å². The number of rotatable bonds is 1. The molecule has 1 aromatic rings. The Hall–Kier alpha value is -1.95. The number of nitrogen functional groups attached to an aromatic ring is 1. The molecule has 0 spiro atoms. The minimum absolute atomic E-state index is 0.186. The maximum atomic E-state index is 11.7. The highest BCUT2D eigenvalue weighted by Gasteiger charge is 2.13.